The predicted octanol–water partition coefficient (Wildman–Crippen LogP) is 5.62. The molecule has 0 aliphatic heterocycles. The minimum Gasteiger partial charge on any atom is -0.326 e. The van der Waals surface area contributed by atoms with Gasteiger partial charge in [0.15, 0.2) is 4.96 Å². The molecule has 4 nitrogen and oxygen atoms in total. The van der Waals surface area contributed by atoms with Crippen LogP contribution in [0.15, 0.2) is 58.5 Å². The van der Waals surface area contributed by atoms with Crippen LogP contribution in [0.1, 0.15) is 16.8 Å². The van der Waals surface area contributed by atoms with Crippen molar-refractivity contribution in [2.24, 2.45) is 0 Å². The van der Waals surface area contributed by atoms with Gasteiger partial charge in [0.1, 0.15) is 0 Å². The lowest BCUT2D eigenvalue weighted by Gasteiger charge is -2.08. The number of nitrogens with one attached hydrogen (secondary N) is 1. The zero-order chi connectivity index (χ0) is 19.0. The average Bonchev–Trinajstić information content (AvgIpc) is 3.20. The summed E-state index contributed by atoms with van der Waals surface area (Å²) in [5, 5.41) is 4.99. The molecule has 27 heavy (non-hydrogen) atoms. The number of halogens is 1. The molecule has 0 bridgehead atoms. The highest BCUT2D eigenvalue weighted by molar-refractivity contribution is 9.10. The first kappa shape index (κ1) is 17.9. The summed E-state index contributed by atoms with van der Waals surface area (Å²) in [7, 11) is 0. The van der Waals surface area contributed by atoms with Gasteiger partial charge in [0.25, 0.3) is 0 Å². The number of aromatic nitrogens is 2. The Labute approximate surface area is 170 Å². The van der Waals surface area contributed by atoms with Gasteiger partial charge in [-0.05, 0) is 37.6 Å². The summed E-state index contributed by atoms with van der Waals surface area (Å²) in [6.07, 6.45) is 2.31. The third-order valence-corrected chi connectivity index (χ3v) is 5.82. The highest BCUT2D eigenvalue weighted by atomic mass is 79.9. The first-order valence-electron chi connectivity index (χ1n) is 8.58. The van der Waals surface area contributed by atoms with Gasteiger partial charge in [0, 0.05) is 33.0 Å². The van der Waals surface area contributed by atoms with Gasteiger partial charge in [0.2, 0.25) is 5.91 Å². The van der Waals surface area contributed by atoms with Crippen LogP contribution in [-0.2, 0) is 11.2 Å². The number of imidazole rings is 1. The normalized spacial score (nSPS) is 11.1. The van der Waals surface area contributed by atoms with Gasteiger partial charge in [-0.15, -0.1) is 11.3 Å². The van der Waals surface area contributed by atoms with Crippen LogP contribution in [0.3, 0.4) is 0 Å². The average molecular weight is 440 g/mol. The van der Waals surface area contributed by atoms with Crippen molar-refractivity contribution in [2.75, 3.05) is 5.32 Å². The number of hydrogen-bond donors (Lipinski definition) is 1. The van der Waals surface area contributed by atoms with E-state index >= 15 is 0 Å². The van der Waals surface area contributed by atoms with Crippen molar-refractivity contribution in [3.63, 3.8) is 0 Å². The molecule has 0 fully saturated rings. The number of rotatable bonds is 4. The minimum atomic E-state index is -0.0364. The van der Waals surface area contributed by atoms with E-state index < -0.39 is 0 Å². The summed E-state index contributed by atoms with van der Waals surface area (Å²) in [5.74, 6) is -0.0364. The molecule has 1 amide bonds. The van der Waals surface area contributed by atoms with Crippen LogP contribution in [0, 0.1) is 13.8 Å². The number of anilines is 1. The van der Waals surface area contributed by atoms with E-state index in [0.717, 1.165) is 37.6 Å². The second-order valence-corrected chi connectivity index (χ2v) is 8.31. The maximum absolute atomic E-state index is 12.5. The number of fused-ring (bicyclic) bond motifs is 1. The van der Waals surface area contributed by atoms with Gasteiger partial charge in [-0.3, -0.25) is 9.20 Å². The number of aryl methyl sites for hydroxylation is 2. The lowest BCUT2D eigenvalue weighted by atomic mass is 10.1. The molecule has 2 aromatic heterocycles. The van der Waals surface area contributed by atoms with E-state index in [2.05, 4.69) is 52.4 Å². The topological polar surface area (TPSA) is 46.4 Å². The molecule has 0 radical (unpaired) electrons. The number of carbonyl (C=O) groups excluding carboxylic acids is 1. The van der Waals surface area contributed by atoms with E-state index in [1.807, 2.05) is 41.1 Å². The van der Waals surface area contributed by atoms with Crippen LogP contribution < -0.4 is 5.32 Å². The van der Waals surface area contributed by atoms with Crippen molar-refractivity contribution in [1.82, 2.24) is 9.38 Å². The molecule has 0 aliphatic carbocycles. The van der Waals surface area contributed by atoms with E-state index in [4.69, 9.17) is 4.98 Å². The fourth-order valence-electron chi connectivity index (χ4n) is 2.95. The molecule has 0 unspecified atom stereocenters. The van der Waals surface area contributed by atoms with Crippen molar-refractivity contribution >= 4 is 43.8 Å². The standard InChI is InChI=1S/C21H18BrN3OS/c1-13-3-5-15(6-4-13)19-11-25-17(12-27-21(25)24-19)10-20(26)23-18-8-7-16(22)9-14(18)2/h3-9,11-12H,10H2,1-2H3,(H,23,26). The molecule has 136 valence electrons. The molecule has 6 heteroatoms. The number of hydrogen-bond acceptors (Lipinski definition) is 3. The highest BCUT2D eigenvalue weighted by Crippen LogP contribution is 2.25. The molecule has 2 aromatic carbocycles. The fraction of sp³-hybridized carbons (Fsp3) is 0.143. The van der Waals surface area contributed by atoms with Crippen molar-refractivity contribution in [1.29, 1.82) is 0 Å². The molecule has 0 atom stereocenters. The van der Waals surface area contributed by atoms with Gasteiger partial charge < -0.3 is 5.32 Å². The van der Waals surface area contributed by atoms with E-state index in [9.17, 15) is 4.79 Å². The summed E-state index contributed by atoms with van der Waals surface area (Å²) < 4.78 is 3.01. The van der Waals surface area contributed by atoms with Crippen LogP contribution >= 0.6 is 27.3 Å². The SMILES string of the molecule is Cc1ccc(-c2cn3c(CC(=O)Nc4ccc(Br)cc4C)csc3n2)cc1. The quantitative estimate of drug-likeness (QED) is 0.448. The van der Waals surface area contributed by atoms with Crippen LogP contribution in [0.2, 0.25) is 0 Å². The molecular formula is C21H18BrN3OS. The zero-order valence-corrected chi connectivity index (χ0v) is 17.4. The van der Waals surface area contributed by atoms with E-state index in [1.54, 1.807) is 11.3 Å². The second-order valence-electron chi connectivity index (χ2n) is 6.56. The Bertz CT molecular complexity index is 1130. The minimum absolute atomic E-state index is 0.0364. The van der Waals surface area contributed by atoms with Gasteiger partial charge >= 0.3 is 0 Å². The van der Waals surface area contributed by atoms with Crippen LogP contribution in [0.5, 0.6) is 0 Å². The Morgan fingerprint density at radius 2 is 1.96 bits per heavy atom. The Kier molecular flexibility index (Phi) is 4.85. The van der Waals surface area contributed by atoms with Crippen LogP contribution in [0.4, 0.5) is 5.69 Å². The van der Waals surface area contributed by atoms with Crippen molar-refractivity contribution < 1.29 is 4.79 Å². The van der Waals surface area contributed by atoms with E-state index in [-0.39, 0.29) is 5.91 Å². The van der Waals surface area contributed by atoms with Gasteiger partial charge in [-0.1, -0.05) is 45.8 Å². The Hall–Kier alpha value is -2.44. The fourth-order valence-corrected chi connectivity index (χ4v) is 4.29. The van der Waals surface area contributed by atoms with Gasteiger partial charge in [0.05, 0.1) is 12.1 Å². The molecule has 4 aromatic rings. The van der Waals surface area contributed by atoms with Crippen LogP contribution in [0.25, 0.3) is 16.2 Å². The monoisotopic (exact) mass is 439 g/mol. The first-order valence-corrected chi connectivity index (χ1v) is 10.3. The summed E-state index contributed by atoms with van der Waals surface area (Å²) in [4.78, 5) is 18.1. The highest BCUT2D eigenvalue weighted by Gasteiger charge is 2.13. The third-order valence-electron chi connectivity index (χ3n) is 4.43. The smallest absolute Gasteiger partial charge is 0.230 e. The van der Waals surface area contributed by atoms with Gasteiger partial charge in [-0.2, -0.15) is 0 Å². The number of carbonyl (C=O) groups is 1. The van der Waals surface area contributed by atoms with Crippen molar-refractivity contribution in [3.05, 3.63) is 75.3 Å². The summed E-state index contributed by atoms with van der Waals surface area (Å²) in [5.41, 5.74) is 6.02. The molecule has 1 N–H and O–H groups in total. The third kappa shape index (κ3) is 3.82. The summed E-state index contributed by atoms with van der Waals surface area (Å²) in [6.45, 7) is 4.05. The maximum Gasteiger partial charge on any atom is 0.230 e. The molecule has 0 saturated heterocycles. The van der Waals surface area contributed by atoms with E-state index in [1.165, 1.54) is 5.56 Å². The number of thiazole rings is 1. The number of amides is 1. The Morgan fingerprint density at radius 1 is 1.19 bits per heavy atom. The van der Waals surface area contributed by atoms with Crippen molar-refractivity contribution in [2.45, 2.75) is 20.3 Å². The van der Waals surface area contributed by atoms with Gasteiger partial charge in [-0.25, -0.2) is 4.98 Å². The number of benzene rings is 2. The number of nitrogens with zero attached hydrogens (tertiary/aromatic N) is 2. The lowest BCUT2D eigenvalue weighted by Crippen LogP contribution is -2.16. The molecule has 0 spiro atoms. The first-order chi connectivity index (χ1) is 13.0. The largest absolute Gasteiger partial charge is 0.326 e. The maximum atomic E-state index is 12.5. The zero-order valence-electron chi connectivity index (χ0n) is 15.0. The molecular weight excluding hydrogens is 422 g/mol. The molecule has 2 heterocycles. The summed E-state index contributed by atoms with van der Waals surface area (Å²) in [6, 6.07) is 14.1. The second kappa shape index (κ2) is 7.29. The van der Waals surface area contributed by atoms with Crippen molar-refractivity contribution in [3.8, 4) is 11.3 Å². The van der Waals surface area contributed by atoms with Crippen LogP contribution in [-0.4, -0.2) is 15.3 Å². The Morgan fingerprint density at radius 3 is 2.70 bits per heavy atom. The Balaban J connectivity index is 1.55. The predicted molar refractivity (Wildman–Crippen MR) is 114 cm³/mol. The molecule has 0 saturated carbocycles. The lowest BCUT2D eigenvalue weighted by molar-refractivity contribution is -0.115. The molecule has 0 aliphatic rings. The van der Waals surface area contributed by atoms with E-state index in [0.29, 0.717) is 6.42 Å². The summed E-state index contributed by atoms with van der Waals surface area (Å²) >= 11 is 4.99. The molecule has 4 rings (SSSR count).